The summed E-state index contributed by atoms with van der Waals surface area (Å²) in [5, 5.41) is 13.8. The number of hydrogen-bond donors (Lipinski definition) is 0. The lowest BCUT2D eigenvalue weighted by Gasteiger charge is -2.11. The molecule has 0 amide bonds. The molecule has 0 atom stereocenters. The van der Waals surface area contributed by atoms with Gasteiger partial charge in [-0.2, -0.15) is 15.2 Å². The molecule has 9 rings (SSSR count). The molecule has 46 heavy (non-hydrogen) atoms. The van der Waals surface area contributed by atoms with E-state index in [1.54, 1.807) is 0 Å². The van der Waals surface area contributed by atoms with Crippen LogP contribution in [0.15, 0.2) is 144 Å². The van der Waals surface area contributed by atoms with E-state index in [1.165, 1.54) is 0 Å². The van der Waals surface area contributed by atoms with Crippen molar-refractivity contribution in [3.63, 3.8) is 0 Å². The van der Waals surface area contributed by atoms with Crippen molar-refractivity contribution in [1.29, 1.82) is 5.26 Å². The van der Waals surface area contributed by atoms with Crippen LogP contribution < -0.4 is 0 Å². The van der Waals surface area contributed by atoms with Crippen molar-refractivity contribution in [3.05, 3.63) is 145 Å². The number of rotatable bonds is 4. The van der Waals surface area contributed by atoms with Crippen molar-refractivity contribution in [2.24, 2.45) is 0 Å². The van der Waals surface area contributed by atoms with E-state index in [9.17, 15) is 5.26 Å². The number of para-hydroxylation sites is 2. The monoisotopic (exact) mass is 589 g/mol. The zero-order chi connectivity index (χ0) is 30.6. The molecule has 0 fully saturated rings. The van der Waals surface area contributed by atoms with E-state index >= 15 is 0 Å². The van der Waals surface area contributed by atoms with Crippen molar-refractivity contribution >= 4 is 43.7 Å². The fourth-order valence-electron chi connectivity index (χ4n) is 6.41. The zero-order valence-electron chi connectivity index (χ0n) is 24.4. The summed E-state index contributed by atoms with van der Waals surface area (Å²) in [6, 6.07) is 48.7. The summed E-state index contributed by atoms with van der Waals surface area (Å²) in [6.07, 6.45) is 0. The standard InChI is InChI=1S/C40H23N5O/c41-24-25-10-8-13-27(22-25)29-16-9-19-35-37(29)32-21-20-28(23-36(32)46-35)39-42-38(26-11-2-1-3-12-26)43-40(44-39)45-33-17-6-4-14-30(33)31-15-5-7-18-34(31)45/h1-23H. The van der Waals surface area contributed by atoms with Gasteiger partial charge in [-0.05, 0) is 53.6 Å². The predicted octanol–water partition coefficient (Wildman–Crippen LogP) is 9.74. The van der Waals surface area contributed by atoms with Crippen LogP contribution in [0, 0.1) is 11.3 Å². The Labute approximate surface area is 263 Å². The molecule has 0 radical (unpaired) electrons. The topological polar surface area (TPSA) is 80.5 Å². The molecule has 0 N–H and O–H groups in total. The number of furan rings is 1. The third-order valence-electron chi connectivity index (χ3n) is 8.49. The Balaban J connectivity index is 1.27. The van der Waals surface area contributed by atoms with Gasteiger partial charge in [-0.1, -0.05) is 97.1 Å². The molecule has 0 saturated heterocycles. The molecular weight excluding hydrogens is 566 g/mol. The van der Waals surface area contributed by atoms with Gasteiger partial charge in [-0.15, -0.1) is 0 Å². The van der Waals surface area contributed by atoms with Crippen LogP contribution in [0.2, 0.25) is 0 Å². The van der Waals surface area contributed by atoms with Gasteiger partial charge < -0.3 is 4.42 Å². The number of benzene rings is 6. The Bertz CT molecular complexity index is 2610. The average Bonchev–Trinajstić information content (AvgIpc) is 3.67. The summed E-state index contributed by atoms with van der Waals surface area (Å²) in [5.74, 6) is 1.69. The van der Waals surface area contributed by atoms with Crippen LogP contribution in [0.1, 0.15) is 5.56 Å². The van der Waals surface area contributed by atoms with Gasteiger partial charge in [0.15, 0.2) is 11.6 Å². The van der Waals surface area contributed by atoms with Gasteiger partial charge in [0.2, 0.25) is 5.95 Å². The van der Waals surface area contributed by atoms with E-state index in [4.69, 9.17) is 19.4 Å². The van der Waals surface area contributed by atoms with Crippen molar-refractivity contribution in [2.45, 2.75) is 0 Å². The fraction of sp³-hybridized carbons (Fsp3) is 0. The van der Waals surface area contributed by atoms with E-state index in [0.29, 0.717) is 23.2 Å². The van der Waals surface area contributed by atoms with Gasteiger partial charge in [-0.3, -0.25) is 4.57 Å². The van der Waals surface area contributed by atoms with Crippen molar-refractivity contribution in [3.8, 4) is 45.9 Å². The Morgan fingerprint density at radius 1 is 0.522 bits per heavy atom. The molecule has 9 aromatic rings. The molecule has 214 valence electrons. The first-order valence-electron chi connectivity index (χ1n) is 15.0. The highest BCUT2D eigenvalue weighted by atomic mass is 16.3. The van der Waals surface area contributed by atoms with E-state index < -0.39 is 0 Å². The van der Waals surface area contributed by atoms with Crippen LogP contribution in [0.3, 0.4) is 0 Å². The molecule has 0 bridgehead atoms. The number of nitriles is 1. The molecule has 3 heterocycles. The van der Waals surface area contributed by atoms with E-state index in [0.717, 1.165) is 66.0 Å². The molecule has 0 unspecified atom stereocenters. The van der Waals surface area contributed by atoms with E-state index in [2.05, 4.69) is 59.2 Å². The second-order valence-electron chi connectivity index (χ2n) is 11.2. The Hall–Kier alpha value is -6.58. The Morgan fingerprint density at radius 2 is 1.20 bits per heavy atom. The van der Waals surface area contributed by atoms with Gasteiger partial charge in [0.05, 0.1) is 22.7 Å². The summed E-state index contributed by atoms with van der Waals surface area (Å²) in [6.45, 7) is 0. The van der Waals surface area contributed by atoms with Crippen molar-refractivity contribution < 1.29 is 4.42 Å². The van der Waals surface area contributed by atoms with Gasteiger partial charge in [0, 0.05) is 32.7 Å². The van der Waals surface area contributed by atoms with Gasteiger partial charge >= 0.3 is 0 Å². The lowest BCUT2D eigenvalue weighted by atomic mass is 9.98. The predicted molar refractivity (Wildman–Crippen MR) is 182 cm³/mol. The maximum absolute atomic E-state index is 9.48. The molecule has 0 saturated carbocycles. The highest BCUT2D eigenvalue weighted by Crippen LogP contribution is 2.38. The summed E-state index contributed by atoms with van der Waals surface area (Å²) >= 11 is 0. The first kappa shape index (κ1) is 25.9. The van der Waals surface area contributed by atoms with Gasteiger partial charge in [-0.25, -0.2) is 4.98 Å². The average molecular weight is 590 g/mol. The molecule has 0 aliphatic rings. The minimum Gasteiger partial charge on any atom is -0.456 e. The molecule has 0 aliphatic carbocycles. The lowest BCUT2D eigenvalue weighted by Crippen LogP contribution is -2.06. The molecule has 3 aromatic heterocycles. The zero-order valence-corrected chi connectivity index (χ0v) is 24.4. The highest BCUT2D eigenvalue weighted by Gasteiger charge is 2.19. The maximum atomic E-state index is 9.48. The van der Waals surface area contributed by atoms with Crippen LogP contribution in [0.4, 0.5) is 0 Å². The second kappa shape index (κ2) is 10.3. The molecular formula is C40H23N5O. The first-order valence-corrected chi connectivity index (χ1v) is 15.0. The first-order chi connectivity index (χ1) is 22.7. The SMILES string of the molecule is N#Cc1cccc(-c2cccc3oc4cc(-c5nc(-c6ccccc6)nc(-n6c7ccccc7c7ccccc76)n5)ccc4c23)c1. The van der Waals surface area contributed by atoms with Crippen LogP contribution in [0.5, 0.6) is 0 Å². The normalized spacial score (nSPS) is 11.5. The summed E-state index contributed by atoms with van der Waals surface area (Å²) in [5.41, 5.74) is 7.89. The third kappa shape index (κ3) is 4.07. The van der Waals surface area contributed by atoms with Crippen LogP contribution in [0.25, 0.3) is 83.6 Å². The number of aromatic nitrogens is 4. The molecule has 0 aliphatic heterocycles. The third-order valence-corrected chi connectivity index (χ3v) is 8.49. The van der Waals surface area contributed by atoms with E-state index in [-0.39, 0.29) is 0 Å². The van der Waals surface area contributed by atoms with Crippen molar-refractivity contribution in [1.82, 2.24) is 19.5 Å². The molecule has 6 nitrogen and oxygen atoms in total. The molecule has 6 aromatic carbocycles. The highest BCUT2D eigenvalue weighted by molar-refractivity contribution is 6.13. The fourth-order valence-corrected chi connectivity index (χ4v) is 6.41. The summed E-state index contributed by atoms with van der Waals surface area (Å²) in [4.78, 5) is 15.1. The summed E-state index contributed by atoms with van der Waals surface area (Å²) in [7, 11) is 0. The van der Waals surface area contributed by atoms with Crippen LogP contribution in [-0.2, 0) is 0 Å². The van der Waals surface area contributed by atoms with Crippen molar-refractivity contribution in [2.75, 3.05) is 0 Å². The molecule has 0 spiro atoms. The largest absolute Gasteiger partial charge is 0.456 e. The lowest BCUT2D eigenvalue weighted by molar-refractivity contribution is 0.669. The maximum Gasteiger partial charge on any atom is 0.238 e. The number of fused-ring (bicyclic) bond motifs is 6. The van der Waals surface area contributed by atoms with Gasteiger partial charge in [0.25, 0.3) is 0 Å². The Morgan fingerprint density at radius 3 is 1.96 bits per heavy atom. The molecule has 6 heteroatoms. The smallest absolute Gasteiger partial charge is 0.238 e. The van der Waals surface area contributed by atoms with Crippen LogP contribution in [-0.4, -0.2) is 19.5 Å². The van der Waals surface area contributed by atoms with Gasteiger partial charge in [0.1, 0.15) is 11.2 Å². The minimum absolute atomic E-state index is 0.547. The van der Waals surface area contributed by atoms with E-state index in [1.807, 2.05) is 91.0 Å². The number of hydrogen-bond acceptors (Lipinski definition) is 5. The Kier molecular flexibility index (Phi) is 5.77. The second-order valence-corrected chi connectivity index (χ2v) is 11.2. The summed E-state index contributed by atoms with van der Waals surface area (Å²) < 4.78 is 8.54. The van der Waals surface area contributed by atoms with Crippen LogP contribution >= 0.6 is 0 Å². The minimum atomic E-state index is 0.547. The number of nitrogens with zero attached hydrogens (tertiary/aromatic N) is 5. The quantitative estimate of drug-likeness (QED) is 0.204.